The van der Waals surface area contributed by atoms with E-state index in [9.17, 15) is 5.26 Å². The molecular formula is C23H20N4. The zero-order chi connectivity index (χ0) is 18.6. The van der Waals surface area contributed by atoms with E-state index in [4.69, 9.17) is 5.26 Å². The molecule has 1 fully saturated rings. The second kappa shape index (κ2) is 7.50. The first-order valence-corrected chi connectivity index (χ1v) is 9.23. The van der Waals surface area contributed by atoms with Crippen LogP contribution in [-0.4, -0.2) is 18.1 Å². The van der Waals surface area contributed by atoms with E-state index in [1.807, 2.05) is 42.5 Å². The number of nitrogens with zero attached hydrogens (tertiary/aromatic N) is 4. The van der Waals surface area contributed by atoms with Crippen molar-refractivity contribution >= 4 is 16.5 Å². The summed E-state index contributed by atoms with van der Waals surface area (Å²) >= 11 is 0. The molecule has 1 aliphatic heterocycles. The Bertz CT molecular complexity index is 1060. The average molecular weight is 352 g/mol. The molecular weight excluding hydrogens is 332 g/mol. The topological polar surface area (TPSA) is 54.1 Å². The van der Waals surface area contributed by atoms with Crippen LogP contribution in [0.5, 0.6) is 0 Å². The first kappa shape index (κ1) is 17.1. The third-order valence-corrected chi connectivity index (χ3v) is 5.10. The number of rotatable bonds is 3. The van der Waals surface area contributed by atoms with Crippen molar-refractivity contribution in [1.82, 2.24) is 5.01 Å². The van der Waals surface area contributed by atoms with Crippen LogP contribution < -0.4 is 5.01 Å². The van der Waals surface area contributed by atoms with Gasteiger partial charge in [0.25, 0.3) is 0 Å². The molecule has 1 aliphatic rings. The molecule has 0 saturated carbocycles. The molecule has 4 rings (SSSR count). The van der Waals surface area contributed by atoms with Gasteiger partial charge in [-0.2, -0.15) is 10.5 Å². The molecule has 0 aromatic heterocycles. The van der Waals surface area contributed by atoms with E-state index < -0.39 is 0 Å². The predicted octanol–water partition coefficient (Wildman–Crippen LogP) is 4.60. The van der Waals surface area contributed by atoms with Crippen molar-refractivity contribution < 1.29 is 0 Å². The van der Waals surface area contributed by atoms with Crippen LogP contribution >= 0.6 is 0 Å². The van der Waals surface area contributed by atoms with E-state index in [2.05, 4.69) is 40.4 Å². The molecule has 4 heteroatoms. The lowest BCUT2D eigenvalue weighted by Gasteiger charge is -2.41. The van der Waals surface area contributed by atoms with Gasteiger partial charge in [-0.3, -0.25) is 0 Å². The highest BCUT2D eigenvalue weighted by atomic mass is 15.6. The summed E-state index contributed by atoms with van der Waals surface area (Å²) in [5, 5.41) is 25.4. The summed E-state index contributed by atoms with van der Waals surface area (Å²) < 4.78 is 0. The van der Waals surface area contributed by atoms with Crippen molar-refractivity contribution in [1.29, 1.82) is 10.5 Å². The van der Waals surface area contributed by atoms with E-state index >= 15 is 0 Å². The van der Waals surface area contributed by atoms with Crippen molar-refractivity contribution in [2.24, 2.45) is 0 Å². The lowest BCUT2D eigenvalue weighted by atomic mass is 10.0. The minimum absolute atomic E-state index is 0.694. The number of hydrazine groups is 1. The van der Waals surface area contributed by atoms with Gasteiger partial charge in [0.15, 0.2) is 0 Å². The number of hydrogen-bond acceptors (Lipinski definition) is 4. The van der Waals surface area contributed by atoms with Gasteiger partial charge in [0.2, 0.25) is 0 Å². The van der Waals surface area contributed by atoms with Gasteiger partial charge in [-0.05, 0) is 42.7 Å². The SMILES string of the molecule is N#Cc1cccc(CN2CCCCN2c2ccc(C#N)c3ccccc23)c1. The molecule has 0 aliphatic carbocycles. The molecule has 0 N–H and O–H groups in total. The highest BCUT2D eigenvalue weighted by Crippen LogP contribution is 2.32. The second-order valence-electron chi connectivity index (χ2n) is 6.82. The van der Waals surface area contributed by atoms with Crippen molar-refractivity contribution in [3.8, 4) is 12.1 Å². The first-order valence-electron chi connectivity index (χ1n) is 9.23. The molecule has 0 radical (unpaired) electrons. The lowest BCUT2D eigenvalue weighted by molar-refractivity contribution is 0.205. The summed E-state index contributed by atoms with van der Waals surface area (Å²) in [4.78, 5) is 0. The van der Waals surface area contributed by atoms with Gasteiger partial charge >= 0.3 is 0 Å². The van der Waals surface area contributed by atoms with Crippen LogP contribution in [0.2, 0.25) is 0 Å². The van der Waals surface area contributed by atoms with Crippen LogP contribution in [0.1, 0.15) is 29.5 Å². The first-order chi connectivity index (χ1) is 13.3. The summed E-state index contributed by atoms with van der Waals surface area (Å²) in [6.07, 6.45) is 2.30. The maximum absolute atomic E-state index is 9.43. The summed E-state index contributed by atoms with van der Waals surface area (Å²) in [5.41, 5.74) is 3.68. The molecule has 27 heavy (non-hydrogen) atoms. The summed E-state index contributed by atoms with van der Waals surface area (Å²) in [5.74, 6) is 0. The number of nitriles is 2. The largest absolute Gasteiger partial charge is 0.305 e. The maximum atomic E-state index is 9.43. The Hall–Kier alpha value is -3.34. The Kier molecular flexibility index (Phi) is 4.75. The molecule has 3 aromatic rings. The van der Waals surface area contributed by atoms with Crippen molar-refractivity contribution in [3.63, 3.8) is 0 Å². The molecule has 0 spiro atoms. The van der Waals surface area contributed by atoms with Crippen molar-refractivity contribution in [3.05, 3.63) is 77.4 Å². The fourth-order valence-electron chi connectivity index (χ4n) is 3.81. The van der Waals surface area contributed by atoms with Crippen LogP contribution in [0.25, 0.3) is 10.8 Å². The van der Waals surface area contributed by atoms with E-state index in [1.165, 1.54) is 0 Å². The second-order valence-corrected chi connectivity index (χ2v) is 6.82. The van der Waals surface area contributed by atoms with Gasteiger partial charge in [0, 0.05) is 30.4 Å². The highest BCUT2D eigenvalue weighted by Gasteiger charge is 2.22. The van der Waals surface area contributed by atoms with Gasteiger partial charge in [0.05, 0.1) is 29.0 Å². The Balaban J connectivity index is 1.72. The number of hydrogen-bond donors (Lipinski definition) is 0. The molecule has 0 bridgehead atoms. The van der Waals surface area contributed by atoms with Gasteiger partial charge in [-0.1, -0.05) is 36.4 Å². The van der Waals surface area contributed by atoms with Gasteiger partial charge in [-0.25, -0.2) is 5.01 Å². The highest BCUT2D eigenvalue weighted by molar-refractivity contribution is 5.97. The zero-order valence-corrected chi connectivity index (χ0v) is 15.1. The summed E-state index contributed by atoms with van der Waals surface area (Å²) in [6.45, 7) is 2.70. The number of benzene rings is 3. The van der Waals surface area contributed by atoms with Crippen LogP contribution in [0.4, 0.5) is 5.69 Å². The van der Waals surface area contributed by atoms with Gasteiger partial charge < -0.3 is 5.01 Å². The fraction of sp³-hybridized carbons (Fsp3) is 0.217. The Labute approximate surface area is 159 Å². The van der Waals surface area contributed by atoms with Crippen LogP contribution in [0.3, 0.4) is 0 Å². The maximum Gasteiger partial charge on any atom is 0.0998 e. The normalized spacial score (nSPS) is 14.7. The Morgan fingerprint density at radius 1 is 0.815 bits per heavy atom. The molecule has 4 nitrogen and oxygen atoms in total. The van der Waals surface area contributed by atoms with Crippen LogP contribution in [0, 0.1) is 22.7 Å². The molecule has 1 heterocycles. The number of fused-ring (bicyclic) bond motifs is 1. The molecule has 132 valence electrons. The fourth-order valence-corrected chi connectivity index (χ4v) is 3.81. The third kappa shape index (κ3) is 3.36. The van der Waals surface area contributed by atoms with Gasteiger partial charge in [0.1, 0.15) is 0 Å². The van der Waals surface area contributed by atoms with Crippen molar-refractivity contribution in [2.45, 2.75) is 19.4 Å². The Morgan fingerprint density at radius 2 is 1.63 bits per heavy atom. The molecule has 3 aromatic carbocycles. The summed E-state index contributed by atoms with van der Waals surface area (Å²) in [7, 11) is 0. The van der Waals surface area contributed by atoms with E-state index in [0.29, 0.717) is 11.1 Å². The Morgan fingerprint density at radius 3 is 2.44 bits per heavy atom. The van der Waals surface area contributed by atoms with Crippen LogP contribution in [-0.2, 0) is 6.54 Å². The standard InChI is InChI=1S/C23H20N4/c24-15-18-6-5-7-19(14-18)17-26-12-3-4-13-27(26)23-11-10-20(16-25)21-8-1-2-9-22(21)23/h1-2,5-11,14H,3-4,12-13,17H2. The van der Waals surface area contributed by atoms with E-state index in [-0.39, 0.29) is 0 Å². The van der Waals surface area contributed by atoms with Gasteiger partial charge in [-0.15, -0.1) is 0 Å². The molecule has 0 unspecified atom stereocenters. The monoisotopic (exact) mass is 352 g/mol. The van der Waals surface area contributed by atoms with Crippen LogP contribution in [0.15, 0.2) is 60.7 Å². The molecule has 0 amide bonds. The molecule has 1 saturated heterocycles. The average Bonchev–Trinajstić information content (AvgIpc) is 2.73. The quantitative estimate of drug-likeness (QED) is 0.691. The van der Waals surface area contributed by atoms with E-state index in [1.54, 1.807) is 0 Å². The third-order valence-electron chi connectivity index (χ3n) is 5.10. The lowest BCUT2D eigenvalue weighted by Crippen LogP contribution is -2.47. The minimum atomic E-state index is 0.694. The molecule has 0 atom stereocenters. The van der Waals surface area contributed by atoms with E-state index in [0.717, 1.165) is 54.5 Å². The predicted molar refractivity (Wildman–Crippen MR) is 107 cm³/mol. The number of anilines is 1. The minimum Gasteiger partial charge on any atom is -0.305 e. The van der Waals surface area contributed by atoms with Crippen molar-refractivity contribution in [2.75, 3.05) is 18.1 Å². The zero-order valence-electron chi connectivity index (χ0n) is 15.1. The smallest absolute Gasteiger partial charge is 0.0998 e. The summed E-state index contributed by atoms with van der Waals surface area (Å²) in [6, 6.07) is 24.4.